The maximum Gasteiger partial charge on any atom is 0.341 e. The molecule has 0 saturated heterocycles. The van der Waals surface area contributed by atoms with Crippen LogP contribution in [0.5, 0.6) is 5.75 Å². The maximum atomic E-state index is 14.1. The second kappa shape index (κ2) is 4.55. The largest absolute Gasteiger partial charge is 0.488 e. The van der Waals surface area contributed by atoms with Crippen molar-refractivity contribution in [3.05, 3.63) is 39.4 Å². The van der Waals surface area contributed by atoms with Gasteiger partial charge in [-0.1, -0.05) is 0 Å². The van der Waals surface area contributed by atoms with E-state index in [0.29, 0.717) is 0 Å². The molecular formula is C14H11FN2O5. The minimum absolute atomic E-state index is 0.0910. The lowest BCUT2D eigenvalue weighted by molar-refractivity contribution is 0.0694. The van der Waals surface area contributed by atoms with Gasteiger partial charge in [0.2, 0.25) is 5.43 Å². The van der Waals surface area contributed by atoms with Gasteiger partial charge in [-0.15, -0.1) is 0 Å². The van der Waals surface area contributed by atoms with Gasteiger partial charge in [-0.3, -0.25) is 9.59 Å². The molecule has 0 unspecified atom stereocenters. The molecule has 0 aliphatic carbocycles. The first-order valence-corrected chi connectivity index (χ1v) is 6.40. The summed E-state index contributed by atoms with van der Waals surface area (Å²) in [5.41, 5.74) is 3.57. The van der Waals surface area contributed by atoms with Crippen LogP contribution in [0.25, 0.3) is 10.9 Å². The molecule has 0 saturated carbocycles. The summed E-state index contributed by atoms with van der Waals surface area (Å²) in [5.74, 6) is -3.58. The molecule has 0 radical (unpaired) electrons. The van der Waals surface area contributed by atoms with Crippen molar-refractivity contribution in [2.24, 2.45) is 5.73 Å². The topological polar surface area (TPSA) is 112 Å². The number of rotatable bonds is 2. The number of nitrogens with zero attached hydrogens (tertiary/aromatic N) is 1. The van der Waals surface area contributed by atoms with Gasteiger partial charge in [-0.2, -0.15) is 0 Å². The monoisotopic (exact) mass is 306 g/mol. The molecule has 0 spiro atoms. The van der Waals surface area contributed by atoms with Gasteiger partial charge < -0.3 is 20.1 Å². The summed E-state index contributed by atoms with van der Waals surface area (Å²) >= 11 is 0. The van der Waals surface area contributed by atoms with Crippen LogP contribution in [0.3, 0.4) is 0 Å². The quantitative estimate of drug-likeness (QED) is 0.856. The van der Waals surface area contributed by atoms with Crippen molar-refractivity contribution in [2.75, 3.05) is 6.61 Å². The first kappa shape index (κ1) is 14.1. The van der Waals surface area contributed by atoms with E-state index < -0.39 is 34.2 Å². The fraction of sp³-hybridized carbons (Fsp3) is 0.214. The van der Waals surface area contributed by atoms with Crippen LogP contribution in [0.4, 0.5) is 4.39 Å². The van der Waals surface area contributed by atoms with Crippen molar-refractivity contribution >= 4 is 22.8 Å². The number of hydrogen-bond acceptors (Lipinski definition) is 4. The Hall–Kier alpha value is -2.90. The predicted molar refractivity (Wildman–Crippen MR) is 73.8 cm³/mol. The molecule has 1 aromatic heterocycles. The minimum atomic E-state index is -1.41. The summed E-state index contributed by atoms with van der Waals surface area (Å²) in [4.78, 5) is 34.9. The Morgan fingerprint density at radius 3 is 2.77 bits per heavy atom. The summed E-state index contributed by atoms with van der Waals surface area (Å²) in [6, 6.07) is 0.533. The first-order chi connectivity index (χ1) is 10.3. The van der Waals surface area contributed by atoms with E-state index in [-0.39, 0.29) is 29.3 Å². The Balaban J connectivity index is 2.57. The summed E-state index contributed by atoms with van der Waals surface area (Å²) in [6.07, 6.45) is 1.17. The van der Waals surface area contributed by atoms with Crippen molar-refractivity contribution in [1.82, 2.24) is 4.57 Å². The molecule has 7 nitrogen and oxygen atoms in total. The van der Waals surface area contributed by atoms with E-state index in [1.165, 1.54) is 10.8 Å². The zero-order chi connectivity index (χ0) is 16.2. The zero-order valence-corrected chi connectivity index (χ0v) is 11.4. The second-order valence-electron chi connectivity index (χ2n) is 5.07. The number of amides is 1. The molecule has 22 heavy (non-hydrogen) atoms. The summed E-state index contributed by atoms with van der Waals surface area (Å²) < 4.78 is 21.0. The lowest BCUT2D eigenvalue weighted by atomic mass is 10.0. The minimum Gasteiger partial charge on any atom is -0.488 e. The van der Waals surface area contributed by atoms with Crippen LogP contribution in [0.2, 0.25) is 0 Å². The fourth-order valence-corrected chi connectivity index (χ4v) is 2.61. The molecule has 1 aromatic carbocycles. The standard InChI is InChI=1S/C14H11FN2O5/c1-5-4-22-12-9(13(16)19)8(15)2-6-10(12)17(5)3-7(11(6)18)14(20)21/h2-3,5H,4H2,1H3,(H2,16,19)(H,20,21)/t5-/m0/s1. The number of aromatic carboxylic acids is 1. The van der Waals surface area contributed by atoms with E-state index in [1.807, 2.05) is 0 Å². The first-order valence-electron chi connectivity index (χ1n) is 6.40. The van der Waals surface area contributed by atoms with E-state index in [4.69, 9.17) is 15.6 Å². The molecule has 1 aliphatic rings. The highest BCUT2D eigenvalue weighted by Gasteiger charge is 2.29. The van der Waals surface area contributed by atoms with Crippen LogP contribution in [0, 0.1) is 5.82 Å². The number of carboxylic acid groups (broad SMARTS) is 1. The molecule has 3 rings (SSSR count). The van der Waals surface area contributed by atoms with Gasteiger partial charge in [-0.05, 0) is 13.0 Å². The average Bonchev–Trinajstić information content (AvgIpc) is 2.43. The van der Waals surface area contributed by atoms with E-state index in [9.17, 15) is 18.8 Å². The Bertz CT molecular complexity index is 902. The number of benzene rings is 1. The molecule has 114 valence electrons. The zero-order valence-electron chi connectivity index (χ0n) is 11.4. The third-order valence-corrected chi connectivity index (χ3v) is 3.64. The number of primary amides is 1. The SMILES string of the molecule is C[C@H]1COc2c(C(N)=O)c(F)cc3c(=O)c(C(=O)O)cn1c23. The van der Waals surface area contributed by atoms with E-state index in [2.05, 4.69) is 0 Å². The third kappa shape index (κ3) is 1.77. The smallest absolute Gasteiger partial charge is 0.341 e. The van der Waals surface area contributed by atoms with Crippen molar-refractivity contribution < 1.29 is 23.8 Å². The number of aromatic nitrogens is 1. The average molecular weight is 306 g/mol. The van der Waals surface area contributed by atoms with Crippen molar-refractivity contribution in [3.8, 4) is 5.75 Å². The molecule has 3 N–H and O–H groups in total. The normalized spacial score (nSPS) is 16.4. The molecule has 2 heterocycles. The van der Waals surface area contributed by atoms with E-state index >= 15 is 0 Å². The third-order valence-electron chi connectivity index (χ3n) is 3.64. The maximum absolute atomic E-state index is 14.1. The number of pyridine rings is 1. The fourth-order valence-electron chi connectivity index (χ4n) is 2.61. The summed E-state index contributed by atoms with van der Waals surface area (Å²) in [5, 5.41) is 8.96. The van der Waals surface area contributed by atoms with Crippen molar-refractivity contribution in [2.45, 2.75) is 13.0 Å². The van der Waals surface area contributed by atoms with Crippen LogP contribution >= 0.6 is 0 Å². The molecule has 1 amide bonds. The molecule has 8 heteroatoms. The van der Waals surface area contributed by atoms with E-state index in [0.717, 1.165) is 6.07 Å². The lowest BCUT2D eigenvalue weighted by Crippen LogP contribution is -2.28. The van der Waals surface area contributed by atoms with Crippen LogP contribution in [0.15, 0.2) is 17.1 Å². The van der Waals surface area contributed by atoms with Crippen molar-refractivity contribution in [1.29, 1.82) is 0 Å². The molecule has 2 aromatic rings. The van der Waals surface area contributed by atoms with E-state index in [1.54, 1.807) is 6.92 Å². The Kier molecular flexibility index (Phi) is 2.91. The van der Waals surface area contributed by atoms with Gasteiger partial charge in [0.15, 0.2) is 5.75 Å². The van der Waals surface area contributed by atoms with Gasteiger partial charge in [0.1, 0.15) is 23.6 Å². The number of halogens is 1. The van der Waals surface area contributed by atoms with Gasteiger partial charge >= 0.3 is 5.97 Å². The van der Waals surface area contributed by atoms with Gasteiger partial charge in [0.05, 0.1) is 16.9 Å². The molecular weight excluding hydrogens is 295 g/mol. The molecule has 0 bridgehead atoms. The number of hydrogen-bond donors (Lipinski definition) is 2. The lowest BCUT2D eigenvalue weighted by Gasteiger charge is -2.28. The highest BCUT2D eigenvalue weighted by atomic mass is 19.1. The number of ether oxygens (including phenoxy) is 1. The number of nitrogens with two attached hydrogens (primary N) is 1. The Morgan fingerprint density at radius 1 is 1.50 bits per heavy atom. The second-order valence-corrected chi connectivity index (χ2v) is 5.07. The van der Waals surface area contributed by atoms with Crippen LogP contribution < -0.4 is 15.9 Å². The highest BCUT2D eigenvalue weighted by Crippen LogP contribution is 2.36. The summed E-state index contributed by atoms with van der Waals surface area (Å²) in [6.45, 7) is 1.83. The summed E-state index contributed by atoms with van der Waals surface area (Å²) in [7, 11) is 0. The van der Waals surface area contributed by atoms with Gasteiger partial charge in [0, 0.05) is 6.20 Å². The number of carboxylic acids is 1. The molecule has 0 fully saturated rings. The van der Waals surface area contributed by atoms with Gasteiger partial charge in [0.25, 0.3) is 5.91 Å². The highest BCUT2D eigenvalue weighted by molar-refractivity contribution is 6.03. The molecule has 1 aliphatic heterocycles. The number of carbonyl (C=O) groups is 2. The Labute approximate surface area is 122 Å². The van der Waals surface area contributed by atoms with Crippen LogP contribution in [-0.4, -0.2) is 28.2 Å². The van der Waals surface area contributed by atoms with Crippen molar-refractivity contribution in [3.63, 3.8) is 0 Å². The van der Waals surface area contributed by atoms with Crippen LogP contribution in [-0.2, 0) is 0 Å². The van der Waals surface area contributed by atoms with Crippen LogP contribution in [0.1, 0.15) is 33.7 Å². The van der Waals surface area contributed by atoms with Gasteiger partial charge in [-0.25, -0.2) is 9.18 Å². The number of carbonyl (C=O) groups excluding carboxylic acids is 1. The predicted octanol–water partition coefficient (Wildman–Crippen LogP) is 0.891. The molecule has 1 atom stereocenters. The Morgan fingerprint density at radius 2 is 2.18 bits per heavy atom.